The minimum atomic E-state index is -0.422. The van der Waals surface area contributed by atoms with Gasteiger partial charge in [-0.15, -0.1) is 0 Å². The van der Waals surface area contributed by atoms with E-state index in [9.17, 15) is 9.59 Å². The van der Waals surface area contributed by atoms with Crippen LogP contribution in [-0.2, 0) is 0 Å². The molecule has 0 saturated heterocycles. The molecule has 0 radical (unpaired) electrons. The fourth-order valence-electron chi connectivity index (χ4n) is 2.72. The molecule has 0 atom stereocenters. The molecule has 2 aromatic carbocycles. The lowest BCUT2D eigenvalue weighted by atomic mass is 10.1. The number of urea groups is 1. The predicted molar refractivity (Wildman–Crippen MR) is 116 cm³/mol. The van der Waals surface area contributed by atoms with Gasteiger partial charge in [0.15, 0.2) is 11.5 Å². The third-order valence-corrected chi connectivity index (χ3v) is 4.08. The topological polar surface area (TPSA) is 97.9 Å². The average molecular weight is 415 g/mol. The number of nitrogens with one attached hydrogen (secondary N) is 3. The molecule has 3 amide bonds. The molecule has 2 rings (SSSR count). The van der Waals surface area contributed by atoms with Crippen molar-refractivity contribution in [3.63, 3.8) is 0 Å². The molecule has 0 spiro atoms. The minimum absolute atomic E-state index is 0.0545. The summed E-state index contributed by atoms with van der Waals surface area (Å²) in [6, 6.07) is 10.3. The summed E-state index contributed by atoms with van der Waals surface area (Å²) in [5.74, 6) is 1.15. The van der Waals surface area contributed by atoms with Crippen LogP contribution in [0.3, 0.4) is 0 Å². The predicted octanol–water partition coefficient (Wildman–Crippen LogP) is 3.35. The first-order chi connectivity index (χ1) is 14.3. The molecule has 0 aliphatic carbocycles. The lowest BCUT2D eigenvalue weighted by Crippen LogP contribution is -2.35. The summed E-state index contributed by atoms with van der Waals surface area (Å²) in [5.41, 5.74) is 1.65. The Morgan fingerprint density at radius 3 is 2.37 bits per heavy atom. The van der Waals surface area contributed by atoms with Crippen LogP contribution in [0.5, 0.6) is 17.2 Å². The number of hydrogen-bond donors (Lipinski definition) is 3. The number of aryl methyl sites for hydroxylation is 1. The molecule has 8 heteroatoms. The van der Waals surface area contributed by atoms with Crippen LogP contribution in [0.25, 0.3) is 0 Å². The van der Waals surface area contributed by atoms with Gasteiger partial charge in [0.2, 0.25) is 0 Å². The molecule has 0 aromatic heterocycles. The van der Waals surface area contributed by atoms with Crippen molar-refractivity contribution in [1.82, 2.24) is 10.6 Å². The van der Waals surface area contributed by atoms with Crippen LogP contribution in [0.1, 0.15) is 29.8 Å². The van der Waals surface area contributed by atoms with Crippen molar-refractivity contribution in [2.45, 2.75) is 26.8 Å². The Hall–Kier alpha value is -3.42. The Bertz CT molecular complexity index is 883. The monoisotopic (exact) mass is 415 g/mol. The number of benzene rings is 2. The van der Waals surface area contributed by atoms with Crippen molar-refractivity contribution in [3.05, 3.63) is 47.5 Å². The van der Waals surface area contributed by atoms with E-state index in [4.69, 9.17) is 14.2 Å². The second-order valence-corrected chi connectivity index (χ2v) is 6.93. The van der Waals surface area contributed by atoms with Crippen LogP contribution in [-0.4, -0.2) is 45.4 Å². The lowest BCUT2D eigenvalue weighted by molar-refractivity contribution is 0.0947. The number of carbonyl (C=O) groups excluding carboxylic acids is 2. The van der Waals surface area contributed by atoms with E-state index >= 15 is 0 Å². The number of carbonyl (C=O) groups is 2. The van der Waals surface area contributed by atoms with Gasteiger partial charge in [-0.25, -0.2) is 4.79 Å². The van der Waals surface area contributed by atoms with E-state index in [1.807, 2.05) is 45.0 Å². The van der Waals surface area contributed by atoms with Gasteiger partial charge in [-0.05, 0) is 44.5 Å². The van der Waals surface area contributed by atoms with Crippen LogP contribution >= 0.6 is 0 Å². The maximum Gasteiger partial charge on any atom is 0.319 e. The van der Waals surface area contributed by atoms with E-state index in [-0.39, 0.29) is 17.5 Å². The molecule has 8 nitrogen and oxygen atoms in total. The van der Waals surface area contributed by atoms with Crippen molar-refractivity contribution in [1.29, 1.82) is 0 Å². The highest BCUT2D eigenvalue weighted by Crippen LogP contribution is 2.33. The Balaban J connectivity index is 2.10. The Morgan fingerprint density at radius 1 is 1.03 bits per heavy atom. The normalized spacial score (nSPS) is 10.3. The lowest BCUT2D eigenvalue weighted by Gasteiger charge is -2.17. The Labute approximate surface area is 176 Å². The number of methoxy groups -OCH3 is 2. The zero-order chi connectivity index (χ0) is 22.1. The van der Waals surface area contributed by atoms with Gasteiger partial charge >= 0.3 is 6.03 Å². The smallest absolute Gasteiger partial charge is 0.319 e. The summed E-state index contributed by atoms with van der Waals surface area (Å²) in [5, 5.41) is 8.21. The number of amides is 3. The van der Waals surface area contributed by atoms with Gasteiger partial charge in [-0.1, -0.05) is 12.1 Å². The standard InChI is InChI=1S/C22H29N3O5/c1-14(2)24-22(27)25-18-13-20(29-5)19(28-4)12-17(18)21(26)23-9-10-30-16-8-6-7-15(3)11-16/h6-8,11-14H,9-10H2,1-5H3,(H,23,26)(H2,24,25,27). The highest BCUT2D eigenvalue weighted by atomic mass is 16.5. The van der Waals surface area contributed by atoms with Crippen LogP contribution in [0, 0.1) is 6.92 Å². The average Bonchev–Trinajstić information content (AvgIpc) is 2.70. The summed E-state index contributed by atoms with van der Waals surface area (Å²) in [4.78, 5) is 24.9. The fourth-order valence-corrected chi connectivity index (χ4v) is 2.72. The van der Waals surface area contributed by atoms with Crippen LogP contribution < -0.4 is 30.2 Å². The first-order valence-electron chi connectivity index (χ1n) is 9.65. The largest absolute Gasteiger partial charge is 0.493 e. The number of ether oxygens (including phenoxy) is 3. The third-order valence-electron chi connectivity index (χ3n) is 4.08. The van der Waals surface area contributed by atoms with Crippen LogP contribution in [0.4, 0.5) is 10.5 Å². The van der Waals surface area contributed by atoms with Crippen molar-refractivity contribution >= 4 is 17.6 Å². The zero-order valence-electron chi connectivity index (χ0n) is 18.0. The summed E-state index contributed by atoms with van der Waals surface area (Å²) in [6.07, 6.45) is 0. The second-order valence-electron chi connectivity index (χ2n) is 6.93. The molecule has 162 valence electrons. The molecular weight excluding hydrogens is 386 g/mol. The highest BCUT2D eigenvalue weighted by molar-refractivity contribution is 6.04. The molecule has 3 N–H and O–H groups in total. The van der Waals surface area contributed by atoms with Crippen molar-refractivity contribution < 1.29 is 23.8 Å². The maximum absolute atomic E-state index is 12.8. The third kappa shape index (κ3) is 6.58. The Kier molecular flexibility index (Phi) is 8.34. The molecule has 0 aliphatic heterocycles. The zero-order valence-corrected chi connectivity index (χ0v) is 18.0. The van der Waals surface area contributed by atoms with Gasteiger partial charge < -0.3 is 30.2 Å². The van der Waals surface area contributed by atoms with Crippen LogP contribution in [0.15, 0.2) is 36.4 Å². The molecular formula is C22H29N3O5. The van der Waals surface area contributed by atoms with E-state index in [1.54, 1.807) is 6.07 Å². The maximum atomic E-state index is 12.8. The van der Waals surface area contributed by atoms with Gasteiger partial charge in [-0.3, -0.25) is 4.79 Å². The highest BCUT2D eigenvalue weighted by Gasteiger charge is 2.18. The number of anilines is 1. The molecule has 0 bridgehead atoms. The molecule has 0 heterocycles. The molecule has 0 saturated carbocycles. The van der Waals surface area contributed by atoms with E-state index in [0.29, 0.717) is 30.3 Å². The van der Waals surface area contributed by atoms with E-state index in [1.165, 1.54) is 20.3 Å². The molecule has 0 unspecified atom stereocenters. The van der Waals surface area contributed by atoms with Gasteiger partial charge in [0.25, 0.3) is 5.91 Å². The molecule has 0 aliphatic rings. The molecule has 0 fully saturated rings. The fraction of sp³-hybridized carbons (Fsp3) is 0.364. The summed E-state index contributed by atoms with van der Waals surface area (Å²) >= 11 is 0. The quantitative estimate of drug-likeness (QED) is 0.546. The summed E-state index contributed by atoms with van der Waals surface area (Å²) < 4.78 is 16.2. The van der Waals surface area contributed by atoms with Crippen LogP contribution in [0.2, 0.25) is 0 Å². The van der Waals surface area contributed by atoms with E-state index in [2.05, 4.69) is 16.0 Å². The Morgan fingerprint density at radius 2 is 1.73 bits per heavy atom. The first-order valence-corrected chi connectivity index (χ1v) is 9.65. The van der Waals surface area contributed by atoms with E-state index < -0.39 is 6.03 Å². The summed E-state index contributed by atoms with van der Waals surface area (Å²) in [7, 11) is 2.96. The number of rotatable bonds is 9. The first kappa shape index (κ1) is 22.9. The van der Waals surface area contributed by atoms with Gasteiger partial charge in [0.1, 0.15) is 12.4 Å². The van der Waals surface area contributed by atoms with Crippen molar-refractivity contribution in [3.8, 4) is 17.2 Å². The van der Waals surface area contributed by atoms with Crippen molar-refractivity contribution in [2.24, 2.45) is 0 Å². The second kappa shape index (κ2) is 10.9. The van der Waals surface area contributed by atoms with Gasteiger partial charge in [-0.2, -0.15) is 0 Å². The van der Waals surface area contributed by atoms with E-state index in [0.717, 1.165) is 11.3 Å². The van der Waals surface area contributed by atoms with Gasteiger partial charge in [0.05, 0.1) is 32.0 Å². The van der Waals surface area contributed by atoms with Gasteiger partial charge in [0, 0.05) is 12.1 Å². The molecule has 30 heavy (non-hydrogen) atoms. The minimum Gasteiger partial charge on any atom is -0.493 e. The summed E-state index contributed by atoms with van der Waals surface area (Å²) in [6.45, 7) is 6.26. The SMILES string of the molecule is COc1cc(NC(=O)NC(C)C)c(C(=O)NCCOc2cccc(C)c2)cc1OC. The number of hydrogen-bond acceptors (Lipinski definition) is 5. The van der Waals surface area contributed by atoms with Crippen molar-refractivity contribution in [2.75, 3.05) is 32.7 Å². The molecule has 2 aromatic rings.